The van der Waals surface area contributed by atoms with Crippen molar-refractivity contribution in [3.63, 3.8) is 0 Å². The van der Waals surface area contributed by atoms with Gasteiger partial charge < -0.3 is 14.6 Å². The number of halogens is 2. The number of likely N-dealkylation sites (tertiary alicyclic amines) is 1. The summed E-state index contributed by atoms with van der Waals surface area (Å²) in [5.41, 5.74) is 2.30. The number of rotatable bonds is 5. The van der Waals surface area contributed by atoms with E-state index in [1.165, 1.54) is 17.0 Å². The molecule has 1 aliphatic heterocycles. The SMILES string of the molecule is O=Cc1[nH]c2cc(F)ccc2c1C[C@@H]1C[C@H](F)CN1C(=O)OCc1ccccc1. The number of carbonyl (C=O) groups is 2. The smallest absolute Gasteiger partial charge is 0.410 e. The second-order valence-electron chi connectivity index (χ2n) is 7.21. The molecular weight excluding hydrogens is 378 g/mol. The van der Waals surface area contributed by atoms with Gasteiger partial charge in [0.15, 0.2) is 6.29 Å². The van der Waals surface area contributed by atoms with Crippen molar-refractivity contribution in [2.24, 2.45) is 0 Å². The molecule has 0 saturated carbocycles. The Morgan fingerprint density at radius 2 is 2.03 bits per heavy atom. The normalized spacial score (nSPS) is 18.9. The third-order valence-corrected chi connectivity index (χ3v) is 5.26. The van der Waals surface area contributed by atoms with Gasteiger partial charge in [0.2, 0.25) is 0 Å². The molecular formula is C22H20F2N2O3. The molecule has 2 aromatic carbocycles. The summed E-state index contributed by atoms with van der Waals surface area (Å²) in [6.07, 6.45) is -0.649. The van der Waals surface area contributed by atoms with E-state index in [0.29, 0.717) is 28.4 Å². The first kappa shape index (κ1) is 19.1. The van der Waals surface area contributed by atoms with Crippen molar-refractivity contribution in [2.45, 2.75) is 31.7 Å². The Hall–Kier alpha value is -3.22. The molecule has 0 radical (unpaired) electrons. The maximum atomic E-state index is 14.1. The lowest BCUT2D eigenvalue weighted by Gasteiger charge is -2.24. The Bertz CT molecular complexity index is 1040. The van der Waals surface area contributed by atoms with Gasteiger partial charge in [-0.05, 0) is 35.7 Å². The summed E-state index contributed by atoms with van der Waals surface area (Å²) >= 11 is 0. The van der Waals surface area contributed by atoms with Gasteiger partial charge in [-0.1, -0.05) is 30.3 Å². The molecule has 0 bridgehead atoms. The number of amides is 1. The minimum absolute atomic E-state index is 0.0499. The van der Waals surface area contributed by atoms with Gasteiger partial charge in [0.05, 0.1) is 12.2 Å². The van der Waals surface area contributed by atoms with E-state index in [0.717, 1.165) is 5.56 Å². The molecule has 0 spiro atoms. The number of carbonyl (C=O) groups excluding carboxylic acids is 2. The molecule has 4 rings (SSSR count). The number of alkyl halides is 1. The molecule has 2 atom stereocenters. The Labute approximate surface area is 166 Å². The summed E-state index contributed by atoms with van der Waals surface area (Å²) in [4.78, 5) is 28.3. The molecule has 2 heterocycles. The number of hydrogen-bond donors (Lipinski definition) is 1. The molecule has 0 unspecified atom stereocenters. The van der Waals surface area contributed by atoms with E-state index in [2.05, 4.69) is 4.98 Å². The molecule has 1 aromatic heterocycles. The second-order valence-corrected chi connectivity index (χ2v) is 7.21. The van der Waals surface area contributed by atoms with Crippen molar-refractivity contribution in [2.75, 3.05) is 6.54 Å². The molecule has 3 aromatic rings. The average Bonchev–Trinajstić information content (AvgIpc) is 3.26. The van der Waals surface area contributed by atoms with Gasteiger partial charge in [0.1, 0.15) is 18.6 Å². The Morgan fingerprint density at radius 1 is 1.24 bits per heavy atom. The number of aldehydes is 1. The van der Waals surface area contributed by atoms with E-state index in [-0.39, 0.29) is 26.0 Å². The number of nitrogens with zero attached hydrogens (tertiary/aromatic N) is 1. The van der Waals surface area contributed by atoms with Crippen molar-refractivity contribution >= 4 is 23.3 Å². The van der Waals surface area contributed by atoms with Gasteiger partial charge in [-0.3, -0.25) is 4.79 Å². The van der Waals surface area contributed by atoms with Gasteiger partial charge in [-0.2, -0.15) is 0 Å². The fourth-order valence-corrected chi connectivity index (χ4v) is 3.88. The first-order chi connectivity index (χ1) is 14.0. The van der Waals surface area contributed by atoms with Gasteiger partial charge in [-0.15, -0.1) is 0 Å². The highest BCUT2D eigenvalue weighted by Gasteiger charge is 2.37. The Balaban J connectivity index is 1.53. The van der Waals surface area contributed by atoms with Crippen molar-refractivity contribution in [3.05, 3.63) is 71.2 Å². The summed E-state index contributed by atoms with van der Waals surface area (Å²) in [6.45, 7) is 0.0531. The molecule has 5 nitrogen and oxygen atoms in total. The number of benzene rings is 2. The van der Waals surface area contributed by atoms with Crippen LogP contribution in [0.2, 0.25) is 0 Å². The van der Waals surface area contributed by atoms with Crippen LogP contribution in [0.25, 0.3) is 10.9 Å². The highest BCUT2D eigenvalue weighted by Crippen LogP contribution is 2.30. The second kappa shape index (κ2) is 8.03. The van der Waals surface area contributed by atoms with Crippen LogP contribution in [-0.4, -0.2) is 41.0 Å². The third-order valence-electron chi connectivity index (χ3n) is 5.26. The molecule has 1 aliphatic rings. The van der Waals surface area contributed by atoms with Crippen LogP contribution in [0.1, 0.15) is 28.0 Å². The zero-order chi connectivity index (χ0) is 20.4. The summed E-state index contributed by atoms with van der Waals surface area (Å²) < 4.78 is 33.0. The summed E-state index contributed by atoms with van der Waals surface area (Å²) in [5.74, 6) is -0.418. The highest BCUT2D eigenvalue weighted by molar-refractivity contribution is 5.92. The molecule has 7 heteroatoms. The lowest BCUT2D eigenvalue weighted by molar-refractivity contribution is 0.0906. The first-order valence-electron chi connectivity index (χ1n) is 9.42. The van der Waals surface area contributed by atoms with Crippen molar-refractivity contribution in [3.8, 4) is 0 Å². The number of ether oxygens (including phenoxy) is 1. The van der Waals surface area contributed by atoms with E-state index in [1.807, 2.05) is 30.3 Å². The van der Waals surface area contributed by atoms with E-state index < -0.39 is 24.1 Å². The largest absolute Gasteiger partial charge is 0.445 e. The van der Waals surface area contributed by atoms with Gasteiger partial charge in [0, 0.05) is 23.4 Å². The molecule has 1 saturated heterocycles. The lowest BCUT2D eigenvalue weighted by atomic mass is 10.0. The molecule has 0 aliphatic carbocycles. The number of aromatic amines is 1. The van der Waals surface area contributed by atoms with Crippen molar-refractivity contribution in [1.29, 1.82) is 0 Å². The monoisotopic (exact) mass is 398 g/mol. The van der Waals surface area contributed by atoms with Crippen LogP contribution in [0.4, 0.5) is 13.6 Å². The predicted molar refractivity (Wildman–Crippen MR) is 104 cm³/mol. The predicted octanol–water partition coefficient (Wildman–Crippen LogP) is 4.41. The number of nitrogens with one attached hydrogen (secondary N) is 1. The van der Waals surface area contributed by atoms with Crippen LogP contribution in [0, 0.1) is 5.82 Å². The van der Waals surface area contributed by atoms with Crippen molar-refractivity contribution in [1.82, 2.24) is 9.88 Å². The summed E-state index contributed by atoms with van der Waals surface area (Å²) in [5, 5.41) is 0.688. The van der Waals surface area contributed by atoms with E-state index in [4.69, 9.17) is 4.74 Å². The average molecular weight is 398 g/mol. The maximum Gasteiger partial charge on any atom is 0.410 e. The fourth-order valence-electron chi connectivity index (χ4n) is 3.88. The number of fused-ring (bicyclic) bond motifs is 1. The van der Waals surface area contributed by atoms with Gasteiger partial charge >= 0.3 is 6.09 Å². The number of H-pyrrole nitrogens is 1. The van der Waals surface area contributed by atoms with Gasteiger partial charge in [0.25, 0.3) is 0 Å². The molecule has 1 N–H and O–H groups in total. The minimum atomic E-state index is -1.16. The topological polar surface area (TPSA) is 62.4 Å². The fraction of sp³-hybridized carbons (Fsp3) is 0.273. The van der Waals surface area contributed by atoms with E-state index >= 15 is 0 Å². The molecule has 29 heavy (non-hydrogen) atoms. The third kappa shape index (κ3) is 3.99. The number of aromatic nitrogens is 1. The zero-order valence-electron chi connectivity index (χ0n) is 15.6. The Kier molecular flexibility index (Phi) is 5.29. The molecule has 1 amide bonds. The quantitative estimate of drug-likeness (QED) is 0.648. The minimum Gasteiger partial charge on any atom is -0.445 e. The van der Waals surface area contributed by atoms with Crippen molar-refractivity contribution < 1.29 is 23.1 Å². The first-order valence-corrected chi connectivity index (χ1v) is 9.42. The van der Waals surface area contributed by atoms with Crippen LogP contribution in [0.3, 0.4) is 0 Å². The zero-order valence-corrected chi connectivity index (χ0v) is 15.6. The summed E-state index contributed by atoms with van der Waals surface area (Å²) in [6, 6.07) is 13.0. The standard InChI is InChI=1S/C22H20F2N2O3/c23-15-6-7-18-19(21(12-27)25-20(18)9-15)10-17-8-16(24)11-26(17)22(28)29-13-14-4-2-1-3-5-14/h1-7,9,12,16-17,25H,8,10-11,13H2/t16-,17-/m0/s1. The Morgan fingerprint density at radius 3 is 2.79 bits per heavy atom. The van der Waals surface area contributed by atoms with Crippen LogP contribution in [0.5, 0.6) is 0 Å². The summed E-state index contributed by atoms with van der Waals surface area (Å²) in [7, 11) is 0. The van der Waals surface area contributed by atoms with Gasteiger partial charge in [-0.25, -0.2) is 13.6 Å². The van der Waals surface area contributed by atoms with E-state index in [9.17, 15) is 18.4 Å². The van der Waals surface area contributed by atoms with Crippen LogP contribution >= 0.6 is 0 Å². The van der Waals surface area contributed by atoms with Crippen LogP contribution < -0.4 is 0 Å². The molecule has 1 fully saturated rings. The van der Waals surface area contributed by atoms with Crippen LogP contribution in [-0.2, 0) is 17.8 Å². The maximum absolute atomic E-state index is 14.1. The lowest BCUT2D eigenvalue weighted by Crippen LogP contribution is -2.37. The number of hydrogen-bond acceptors (Lipinski definition) is 3. The van der Waals surface area contributed by atoms with Crippen LogP contribution in [0.15, 0.2) is 48.5 Å². The van der Waals surface area contributed by atoms with E-state index in [1.54, 1.807) is 6.07 Å². The highest BCUT2D eigenvalue weighted by atomic mass is 19.1. The molecule has 150 valence electrons.